The van der Waals surface area contributed by atoms with Crippen LogP contribution in [0.3, 0.4) is 0 Å². The summed E-state index contributed by atoms with van der Waals surface area (Å²) in [6.07, 6.45) is 11.7. The van der Waals surface area contributed by atoms with E-state index in [9.17, 15) is 9.90 Å². The third kappa shape index (κ3) is 5.54. The Kier molecular flexibility index (Phi) is 7.62. The van der Waals surface area contributed by atoms with E-state index in [-0.39, 0.29) is 12.1 Å². The van der Waals surface area contributed by atoms with Crippen molar-refractivity contribution < 1.29 is 9.90 Å². The summed E-state index contributed by atoms with van der Waals surface area (Å²) in [5, 5.41) is 13.4. The summed E-state index contributed by atoms with van der Waals surface area (Å²) in [7, 11) is 0. The van der Waals surface area contributed by atoms with Crippen LogP contribution in [0.1, 0.15) is 80.0 Å². The van der Waals surface area contributed by atoms with Crippen molar-refractivity contribution in [2.45, 2.75) is 91.1 Å². The molecule has 2 aliphatic carbocycles. The van der Waals surface area contributed by atoms with Gasteiger partial charge in [-0.2, -0.15) is 0 Å². The van der Waals surface area contributed by atoms with Gasteiger partial charge in [-0.05, 0) is 86.6 Å². The summed E-state index contributed by atoms with van der Waals surface area (Å²) >= 11 is 0. The van der Waals surface area contributed by atoms with E-state index in [1.54, 1.807) is 0 Å². The first kappa shape index (κ1) is 23.7. The van der Waals surface area contributed by atoms with Crippen LogP contribution in [0.25, 0.3) is 0 Å². The fourth-order valence-electron chi connectivity index (χ4n) is 6.02. The van der Waals surface area contributed by atoms with E-state index < -0.39 is 0 Å². The number of aryl methyl sites for hydroxylation is 1. The Morgan fingerprint density at radius 1 is 0.909 bits per heavy atom. The fourth-order valence-corrected chi connectivity index (χ4v) is 6.02. The lowest BCUT2D eigenvalue weighted by Gasteiger charge is -2.40. The van der Waals surface area contributed by atoms with Crippen LogP contribution < -0.4 is 5.32 Å². The van der Waals surface area contributed by atoms with Gasteiger partial charge in [0, 0.05) is 18.3 Å². The van der Waals surface area contributed by atoms with Gasteiger partial charge in [-0.3, -0.25) is 0 Å². The minimum Gasteiger partial charge on any atom is -0.507 e. The van der Waals surface area contributed by atoms with Gasteiger partial charge in [0.15, 0.2) is 0 Å². The summed E-state index contributed by atoms with van der Waals surface area (Å²) in [6, 6.07) is 12.4. The lowest BCUT2D eigenvalue weighted by molar-refractivity contribution is 0.120. The van der Waals surface area contributed by atoms with Crippen LogP contribution in [0.15, 0.2) is 36.4 Å². The van der Waals surface area contributed by atoms with Gasteiger partial charge in [0.2, 0.25) is 0 Å². The number of carbonyl (C=O) groups is 1. The second-order valence-corrected chi connectivity index (χ2v) is 10.3. The number of hydrogen-bond donors (Lipinski definition) is 2. The zero-order valence-electron chi connectivity index (χ0n) is 20.6. The van der Waals surface area contributed by atoms with Crippen LogP contribution in [-0.2, 0) is 6.54 Å². The first-order valence-corrected chi connectivity index (χ1v) is 12.9. The highest BCUT2D eigenvalue weighted by Gasteiger charge is 2.33. The van der Waals surface area contributed by atoms with E-state index >= 15 is 0 Å². The first-order chi connectivity index (χ1) is 15.9. The molecule has 178 valence electrons. The molecule has 0 radical (unpaired) electrons. The molecule has 2 N–H and O–H groups in total. The molecule has 2 saturated carbocycles. The maximum atomic E-state index is 13.6. The lowest BCUT2D eigenvalue weighted by atomic mass is 9.72. The zero-order valence-corrected chi connectivity index (χ0v) is 20.6. The molecule has 2 aromatic rings. The summed E-state index contributed by atoms with van der Waals surface area (Å²) in [4.78, 5) is 15.7. The topological polar surface area (TPSA) is 52.6 Å². The molecular weight excluding hydrogens is 408 g/mol. The van der Waals surface area contributed by atoms with Gasteiger partial charge in [-0.1, -0.05) is 62.4 Å². The van der Waals surface area contributed by atoms with Crippen LogP contribution in [0.2, 0.25) is 0 Å². The second kappa shape index (κ2) is 10.6. The average Bonchev–Trinajstić information content (AvgIpc) is 2.86. The third-order valence-electron chi connectivity index (χ3n) is 8.25. The molecule has 2 aliphatic rings. The van der Waals surface area contributed by atoms with Gasteiger partial charge in [-0.15, -0.1) is 0 Å². The Hall–Kier alpha value is -2.49. The van der Waals surface area contributed by atoms with Crippen LogP contribution in [0, 0.1) is 32.6 Å². The number of nitrogens with one attached hydrogen (secondary N) is 1. The van der Waals surface area contributed by atoms with E-state index in [0.29, 0.717) is 12.3 Å². The SMILES string of the molecule is Cc1cc(NC(=O)N(Cc2ccccc2)[C@H]2CC[C@@H](C3CCCCC3)CC2)c(C)c(C)c1O. The molecule has 0 aromatic heterocycles. The average molecular weight is 449 g/mol. The van der Waals surface area contributed by atoms with E-state index in [4.69, 9.17) is 0 Å². The maximum absolute atomic E-state index is 13.6. The van der Waals surface area contributed by atoms with Crippen molar-refractivity contribution in [2.24, 2.45) is 11.8 Å². The Balaban J connectivity index is 1.50. The van der Waals surface area contributed by atoms with Crippen molar-refractivity contribution in [1.29, 1.82) is 0 Å². The molecule has 4 nitrogen and oxygen atoms in total. The van der Waals surface area contributed by atoms with E-state index in [1.165, 1.54) is 44.9 Å². The van der Waals surface area contributed by atoms with Crippen molar-refractivity contribution in [3.8, 4) is 5.75 Å². The van der Waals surface area contributed by atoms with Crippen LogP contribution >= 0.6 is 0 Å². The van der Waals surface area contributed by atoms with E-state index in [0.717, 1.165) is 52.6 Å². The summed E-state index contributed by atoms with van der Waals surface area (Å²) in [5.74, 6) is 2.06. The number of phenolic OH excluding ortho intramolecular Hbond substituents is 1. The summed E-state index contributed by atoms with van der Waals surface area (Å²) < 4.78 is 0. The number of amides is 2. The number of benzene rings is 2. The van der Waals surface area contributed by atoms with Crippen LogP contribution in [0.5, 0.6) is 5.75 Å². The molecule has 4 rings (SSSR count). The van der Waals surface area contributed by atoms with Crippen LogP contribution in [-0.4, -0.2) is 22.1 Å². The molecule has 0 aliphatic heterocycles. The van der Waals surface area contributed by atoms with Crippen molar-refractivity contribution in [3.05, 3.63) is 58.7 Å². The zero-order chi connectivity index (χ0) is 23.4. The molecule has 2 aromatic carbocycles. The highest BCUT2D eigenvalue weighted by atomic mass is 16.3. The first-order valence-electron chi connectivity index (χ1n) is 12.9. The molecule has 0 spiro atoms. The predicted octanol–water partition coefficient (Wildman–Crippen LogP) is 7.49. The second-order valence-electron chi connectivity index (χ2n) is 10.3. The largest absolute Gasteiger partial charge is 0.507 e. The van der Waals surface area contributed by atoms with Crippen LogP contribution in [0.4, 0.5) is 10.5 Å². The predicted molar refractivity (Wildman–Crippen MR) is 136 cm³/mol. The van der Waals surface area contributed by atoms with Gasteiger partial charge in [-0.25, -0.2) is 4.79 Å². The minimum atomic E-state index is -0.0347. The molecule has 0 bridgehead atoms. The van der Waals surface area contributed by atoms with Gasteiger partial charge < -0.3 is 15.3 Å². The Bertz CT molecular complexity index is 942. The Morgan fingerprint density at radius 2 is 1.55 bits per heavy atom. The fraction of sp³-hybridized carbons (Fsp3) is 0.552. The molecule has 2 fully saturated rings. The number of phenols is 1. The number of anilines is 1. The van der Waals surface area contributed by atoms with E-state index in [1.807, 2.05) is 45.0 Å². The standard InChI is InChI=1S/C29H40N2O2/c1-20-18-27(21(2)22(3)28(20)32)30-29(33)31(19-23-10-6-4-7-11-23)26-16-14-25(15-17-26)24-12-8-5-9-13-24/h4,6-7,10-11,18,24-26,32H,5,8-9,12-17,19H2,1-3H3,(H,30,33)/t25-,26+. The monoisotopic (exact) mass is 448 g/mol. The number of aromatic hydroxyl groups is 1. The molecule has 0 unspecified atom stereocenters. The number of nitrogens with zero attached hydrogens (tertiary/aromatic N) is 1. The number of rotatable bonds is 5. The summed E-state index contributed by atoms with van der Waals surface area (Å²) in [5.41, 5.74) is 4.50. The van der Waals surface area contributed by atoms with Gasteiger partial charge in [0.05, 0.1) is 0 Å². The van der Waals surface area contributed by atoms with Gasteiger partial charge in [0.1, 0.15) is 5.75 Å². The quantitative estimate of drug-likeness (QED) is 0.466. The molecular formula is C29H40N2O2. The smallest absolute Gasteiger partial charge is 0.322 e. The van der Waals surface area contributed by atoms with Gasteiger partial charge >= 0.3 is 6.03 Å². The molecule has 0 saturated heterocycles. The number of urea groups is 1. The molecule has 33 heavy (non-hydrogen) atoms. The number of hydrogen-bond acceptors (Lipinski definition) is 2. The Labute approximate surface area is 199 Å². The van der Waals surface area contributed by atoms with Crippen molar-refractivity contribution in [1.82, 2.24) is 4.90 Å². The van der Waals surface area contributed by atoms with Crippen molar-refractivity contribution in [3.63, 3.8) is 0 Å². The lowest BCUT2D eigenvalue weighted by Crippen LogP contribution is -2.44. The Morgan fingerprint density at radius 3 is 2.21 bits per heavy atom. The number of carbonyl (C=O) groups excluding carboxylic acids is 1. The van der Waals surface area contributed by atoms with Crippen molar-refractivity contribution >= 4 is 11.7 Å². The molecule has 0 heterocycles. The minimum absolute atomic E-state index is 0.0347. The molecule has 4 heteroatoms. The van der Waals surface area contributed by atoms with Crippen molar-refractivity contribution in [2.75, 3.05) is 5.32 Å². The molecule has 0 atom stereocenters. The third-order valence-corrected chi connectivity index (χ3v) is 8.25. The maximum Gasteiger partial charge on any atom is 0.322 e. The summed E-state index contributed by atoms with van der Waals surface area (Å²) in [6.45, 7) is 6.37. The highest BCUT2D eigenvalue weighted by molar-refractivity contribution is 5.91. The van der Waals surface area contributed by atoms with Gasteiger partial charge in [0.25, 0.3) is 0 Å². The normalized spacial score (nSPS) is 21.5. The molecule has 2 amide bonds. The highest BCUT2D eigenvalue weighted by Crippen LogP contribution is 2.40. The van der Waals surface area contributed by atoms with E-state index in [2.05, 4.69) is 22.3 Å².